The van der Waals surface area contributed by atoms with Crippen molar-refractivity contribution in [3.05, 3.63) is 47.5 Å². The van der Waals surface area contributed by atoms with Crippen molar-refractivity contribution in [1.82, 2.24) is 15.1 Å². The molecule has 0 fully saturated rings. The summed E-state index contributed by atoms with van der Waals surface area (Å²) in [7, 11) is 1.53. The first-order valence-corrected chi connectivity index (χ1v) is 6.30. The maximum absolute atomic E-state index is 13.2. The van der Waals surface area contributed by atoms with E-state index in [0.29, 0.717) is 16.8 Å². The second-order valence-electron chi connectivity index (χ2n) is 4.52. The Labute approximate surface area is 121 Å². The zero-order valence-electron chi connectivity index (χ0n) is 11.7. The molecule has 0 atom stereocenters. The minimum absolute atomic E-state index is 0.0715. The lowest BCUT2D eigenvalue weighted by Crippen LogP contribution is -2.23. The Hall–Kier alpha value is -2.70. The number of benzene rings is 1. The second kappa shape index (κ2) is 6.17. The Morgan fingerprint density at radius 2 is 2.14 bits per heavy atom. The number of nitrogens with zero attached hydrogens (tertiary/aromatic N) is 2. The summed E-state index contributed by atoms with van der Waals surface area (Å²) in [6.45, 7) is 1.66. The lowest BCUT2D eigenvalue weighted by atomic mass is 10.1. The molecule has 0 aliphatic rings. The number of carbonyl (C=O) groups excluding carboxylic acids is 2. The molecule has 0 saturated carbocycles. The molecule has 1 aromatic carbocycles. The van der Waals surface area contributed by atoms with Crippen LogP contribution in [0, 0.1) is 12.7 Å². The van der Waals surface area contributed by atoms with Crippen LogP contribution < -0.4 is 10.6 Å². The van der Waals surface area contributed by atoms with Gasteiger partial charge in [0, 0.05) is 18.8 Å². The molecule has 0 bridgehead atoms. The third kappa shape index (κ3) is 3.65. The summed E-state index contributed by atoms with van der Waals surface area (Å²) in [6.07, 6.45) is 2.99. The van der Waals surface area contributed by atoms with Crippen molar-refractivity contribution in [2.45, 2.75) is 13.5 Å². The van der Waals surface area contributed by atoms with Gasteiger partial charge in [-0.3, -0.25) is 14.3 Å². The molecule has 0 saturated heterocycles. The zero-order chi connectivity index (χ0) is 15.4. The van der Waals surface area contributed by atoms with Crippen molar-refractivity contribution < 1.29 is 14.0 Å². The lowest BCUT2D eigenvalue weighted by Gasteiger charge is -2.04. The number of carbonyl (C=O) groups is 2. The highest BCUT2D eigenvalue weighted by molar-refractivity contribution is 6.04. The highest BCUT2D eigenvalue weighted by Gasteiger charge is 2.10. The van der Waals surface area contributed by atoms with Crippen molar-refractivity contribution in [2.24, 2.45) is 0 Å². The third-order valence-corrected chi connectivity index (χ3v) is 2.90. The summed E-state index contributed by atoms with van der Waals surface area (Å²) in [6, 6.07) is 4.13. The topological polar surface area (TPSA) is 76.0 Å². The highest BCUT2D eigenvalue weighted by Crippen LogP contribution is 2.12. The number of anilines is 1. The van der Waals surface area contributed by atoms with Gasteiger partial charge in [0.05, 0.1) is 11.9 Å². The van der Waals surface area contributed by atoms with E-state index in [1.807, 2.05) is 0 Å². The second-order valence-corrected chi connectivity index (χ2v) is 4.52. The average molecular weight is 290 g/mol. The van der Waals surface area contributed by atoms with Crippen molar-refractivity contribution in [2.75, 3.05) is 12.4 Å². The maximum Gasteiger partial charge on any atom is 0.255 e. The van der Waals surface area contributed by atoms with Gasteiger partial charge in [-0.1, -0.05) is 0 Å². The van der Waals surface area contributed by atoms with E-state index < -0.39 is 0 Å². The number of rotatable bonds is 4. The van der Waals surface area contributed by atoms with Crippen molar-refractivity contribution in [3.63, 3.8) is 0 Å². The monoisotopic (exact) mass is 290 g/mol. The van der Waals surface area contributed by atoms with Gasteiger partial charge in [-0.15, -0.1) is 0 Å². The first-order chi connectivity index (χ1) is 9.99. The van der Waals surface area contributed by atoms with Gasteiger partial charge < -0.3 is 10.6 Å². The molecule has 2 aromatic rings. The quantitative estimate of drug-likeness (QED) is 0.892. The molecule has 2 rings (SSSR count). The van der Waals surface area contributed by atoms with Crippen LogP contribution in [0.15, 0.2) is 30.6 Å². The van der Waals surface area contributed by atoms with E-state index in [9.17, 15) is 14.0 Å². The zero-order valence-corrected chi connectivity index (χ0v) is 11.7. The molecule has 1 heterocycles. The Balaban J connectivity index is 2.05. The van der Waals surface area contributed by atoms with Gasteiger partial charge in [0.25, 0.3) is 5.91 Å². The molecule has 2 N–H and O–H groups in total. The molecule has 21 heavy (non-hydrogen) atoms. The van der Waals surface area contributed by atoms with Crippen LogP contribution in [0.5, 0.6) is 0 Å². The van der Waals surface area contributed by atoms with Crippen LogP contribution in [0.3, 0.4) is 0 Å². The predicted molar refractivity (Wildman–Crippen MR) is 75.4 cm³/mol. The van der Waals surface area contributed by atoms with E-state index in [1.54, 1.807) is 13.1 Å². The molecular formula is C14H15FN4O2. The van der Waals surface area contributed by atoms with Crippen molar-refractivity contribution >= 4 is 17.5 Å². The molecule has 0 radical (unpaired) electrons. The summed E-state index contributed by atoms with van der Waals surface area (Å²) in [5, 5.41) is 9.08. The third-order valence-electron chi connectivity index (χ3n) is 2.90. The number of aromatic nitrogens is 2. The van der Waals surface area contributed by atoms with Gasteiger partial charge in [0.15, 0.2) is 0 Å². The summed E-state index contributed by atoms with van der Waals surface area (Å²) < 4.78 is 14.6. The number of hydrogen-bond acceptors (Lipinski definition) is 3. The van der Waals surface area contributed by atoms with E-state index in [2.05, 4.69) is 15.7 Å². The first kappa shape index (κ1) is 14.7. The number of halogens is 1. The van der Waals surface area contributed by atoms with Crippen LogP contribution in [0.2, 0.25) is 0 Å². The minimum atomic E-state index is -0.363. The van der Waals surface area contributed by atoms with E-state index in [4.69, 9.17) is 0 Å². The molecule has 0 aliphatic heterocycles. The van der Waals surface area contributed by atoms with Crippen molar-refractivity contribution in [3.8, 4) is 0 Å². The van der Waals surface area contributed by atoms with Crippen LogP contribution >= 0.6 is 0 Å². The van der Waals surface area contributed by atoms with Crippen LogP contribution in [-0.4, -0.2) is 28.6 Å². The first-order valence-electron chi connectivity index (χ1n) is 6.30. The Kier molecular flexibility index (Phi) is 4.32. The largest absolute Gasteiger partial charge is 0.358 e. The summed E-state index contributed by atoms with van der Waals surface area (Å²) in [4.78, 5) is 23.2. The van der Waals surface area contributed by atoms with Crippen LogP contribution in [-0.2, 0) is 11.3 Å². The molecule has 2 amide bonds. The van der Waals surface area contributed by atoms with Crippen molar-refractivity contribution in [1.29, 1.82) is 0 Å². The Morgan fingerprint density at radius 3 is 2.81 bits per heavy atom. The number of aryl methyl sites for hydroxylation is 1. The van der Waals surface area contributed by atoms with Gasteiger partial charge in [0.1, 0.15) is 12.4 Å². The smallest absolute Gasteiger partial charge is 0.255 e. The Morgan fingerprint density at radius 1 is 1.38 bits per heavy atom. The number of amides is 2. The fourth-order valence-electron chi connectivity index (χ4n) is 1.73. The molecule has 0 spiro atoms. The summed E-state index contributed by atoms with van der Waals surface area (Å²) in [5.74, 6) is -0.910. The normalized spacial score (nSPS) is 10.2. The number of nitrogens with one attached hydrogen (secondary N) is 2. The van der Waals surface area contributed by atoms with Crippen LogP contribution in [0.4, 0.5) is 10.1 Å². The highest BCUT2D eigenvalue weighted by atomic mass is 19.1. The summed E-state index contributed by atoms with van der Waals surface area (Å²) >= 11 is 0. The minimum Gasteiger partial charge on any atom is -0.358 e. The number of hydrogen-bond donors (Lipinski definition) is 2. The van der Waals surface area contributed by atoms with Gasteiger partial charge in [-0.2, -0.15) is 5.10 Å². The number of likely N-dealkylation sites (N-methyl/N-ethyl adjacent to an activating group) is 1. The standard InChI is InChI=1S/C14H15FN4O2/c1-9-5-10(3-4-12(9)15)14(21)18-11-6-17-19(7-11)8-13(20)16-2/h3-7H,8H2,1-2H3,(H,16,20)(H,18,21). The Bertz CT molecular complexity index is 681. The average Bonchev–Trinajstić information content (AvgIpc) is 2.88. The van der Waals surface area contributed by atoms with E-state index in [-0.39, 0.29) is 24.2 Å². The molecule has 6 nitrogen and oxygen atoms in total. The van der Waals surface area contributed by atoms with Gasteiger partial charge in [-0.05, 0) is 30.7 Å². The molecule has 110 valence electrons. The molecule has 0 aliphatic carbocycles. The van der Waals surface area contributed by atoms with Gasteiger partial charge >= 0.3 is 0 Å². The molecule has 7 heteroatoms. The molecule has 0 unspecified atom stereocenters. The fourth-order valence-corrected chi connectivity index (χ4v) is 1.73. The van der Waals surface area contributed by atoms with E-state index in [0.717, 1.165) is 0 Å². The van der Waals surface area contributed by atoms with E-state index in [1.165, 1.54) is 36.1 Å². The predicted octanol–water partition coefficient (Wildman–Crippen LogP) is 1.33. The lowest BCUT2D eigenvalue weighted by molar-refractivity contribution is -0.121. The fraction of sp³-hybridized carbons (Fsp3) is 0.214. The van der Waals surface area contributed by atoms with Crippen LogP contribution in [0.1, 0.15) is 15.9 Å². The van der Waals surface area contributed by atoms with Gasteiger partial charge in [-0.25, -0.2) is 4.39 Å². The molecular weight excluding hydrogens is 275 g/mol. The van der Waals surface area contributed by atoms with E-state index >= 15 is 0 Å². The van der Waals surface area contributed by atoms with Gasteiger partial charge in [0.2, 0.25) is 5.91 Å². The van der Waals surface area contributed by atoms with Crippen LogP contribution in [0.25, 0.3) is 0 Å². The SMILES string of the molecule is CNC(=O)Cn1cc(NC(=O)c2ccc(F)c(C)c2)cn1. The maximum atomic E-state index is 13.2. The summed E-state index contributed by atoms with van der Waals surface area (Å²) in [5.41, 5.74) is 1.22. The molecule has 1 aromatic heterocycles.